The van der Waals surface area contributed by atoms with Gasteiger partial charge in [-0.2, -0.15) is 10.1 Å². The van der Waals surface area contributed by atoms with Crippen LogP contribution in [0.3, 0.4) is 0 Å². The molecule has 0 spiro atoms. The number of nitrogens with one attached hydrogen (secondary N) is 1. The Hall–Kier alpha value is -4.12. The van der Waals surface area contributed by atoms with Crippen LogP contribution in [0.2, 0.25) is 0 Å². The van der Waals surface area contributed by atoms with Gasteiger partial charge in [0.05, 0.1) is 19.9 Å². The summed E-state index contributed by atoms with van der Waals surface area (Å²) < 4.78 is 46.3. The van der Waals surface area contributed by atoms with Gasteiger partial charge in [-0.15, -0.1) is 0 Å². The van der Waals surface area contributed by atoms with E-state index in [-0.39, 0.29) is 10.6 Å². The molecule has 35 heavy (non-hydrogen) atoms. The second-order valence-electron chi connectivity index (χ2n) is 7.70. The van der Waals surface area contributed by atoms with E-state index in [1.807, 2.05) is 19.9 Å². The Labute approximate surface area is 203 Å². The fourth-order valence-corrected chi connectivity index (χ4v) is 4.68. The van der Waals surface area contributed by atoms with Crippen molar-refractivity contribution >= 4 is 15.7 Å². The average Bonchev–Trinajstić information content (AvgIpc) is 3.17. The Kier molecular flexibility index (Phi) is 6.61. The first-order valence-corrected chi connectivity index (χ1v) is 12.1. The number of aromatic nitrogens is 4. The van der Waals surface area contributed by atoms with Crippen LogP contribution in [0.25, 0.3) is 5.82 Å². The van der Waals surface area contributed by atoms with E-state index in [0.717, 1.165) is 11.4 Å². The first kappa shape index (κ1) is 24.0. The molecule has 0 aliphatic rings. The smallest absolute Gasteiger partial charge is 0.265 e. The summed E-state index contributed by atoms with van der Waals surface area (Å²) >= 11 is 0. The van der Waals surface area contributed by atoms with Crippen molar-refractivity contribution in [1.82, 2.24) is 19.7 Å². The number of ether oxygens (including phenoxy) is 3. The van der Waals surface area contributed by atoms with Gasteiger partial charge >= 0.3 is 0 Å². The lowest BCUT2D eigenvalue weighted by atomic mass is 10.3. The molecule has 0 saturated carbocycles. The van der Waals surface area contributed by atoms with Gasteiger partial charge in [-0.1, -0.05) is 0 Å². The molecule has 4 rings (SSSR count). The lowest BCUT2D eigenvalue weighted by Crippen LogP contribution is -2.14. The molecule has 0 saturated heterocycles. The van der Waals surface area contributed by atoms with Gasteiger partial charge in [0.1, 0.15) is 28.0 Å². The summed E-state index contributed by atoms with van der Waals surface area (Å²) in [5.41, 5.74) is 2.18. The zero-order valence-electron chi connectivity index (χ0n) is 19.9. The van der Waals surface area contributed by atoms with E-state index in [1.165, 1.54) is 26.4 Å². The summed E-state index contributed by atoms with van der Waals surface area (Å²) in [6.07, 6.45) is 0. The van der Waals surface area contributed by atoms with Crippen molar-refractivity contribution in [2.45, 2.75) is 25.7 Å². The van der Waals surface area contributed by atoms with Crippen LogP contribution < -0.4 is 18.9 Å². The highest BCUT2D eigenvalue weighted by atomic mass is 32.2. The molecule has 182 valence electrons. The molecule has 0 amide bonds. The molecule has 0 bridgehead atoms. The highest BCUT2D eigenvalue weighted by molar-refractivity contribution is 7.92. The van der Waals surface area contributed by atoms with E-state index in [9.17, 15) is 8.42 Å². The summed E-state index contributed by atoms with van der Waals surface area (Å²) in [6.45, 7) is 5.63. The monoisotopic (exact) mass is 495 g/mol. The number of rotatable bonds is 8. The third-order valence-corrected chi connectivity index (χ3v) is 6.44. The molecule has 4 aromatic rings. The van der Waals surface area contributed by atoms with Crippen LogP contribution in [0.5, 0.6) is 23.1 Å². The minimum atomic E-state index is -3.90. The molecule has 0 atom stereocenters. The van der Waals surface area contributed by atoms with E-state index < -0.39 is 10.0 Å². The first-order valence-electron chi connectivity index (χ1n) is 10.6. The topological polar surface area (TPSA) is 117 Å². The lowest BCUT2D eigenvalue weighted by molar-refractivity contribution is 0.386. The van der Waals surface area contributed by atoms with Gasteiger partial charge in [0.25, 0.3) is 10.0 Å². The molecule has 0 fully saturated rings. The standard InChI is InChI=1S/C24H25N5O5S/c1-15-12-16(2)29(27-15)23-14-24(26-17(3)25-23)34-19-8-6-18(7-9-19)28-35(30,31)22-11-10-20(32-4)13-21(22)33-5/h6-14,28H,1-5H3. The Balaban J connectivity index is 1.53. The van der Waals surface area contributed by atoms with E-state index in [0.29, 0.717) is 34.7 Å². The molecule has 10 nitrogen and oxygen atoms in total. The Morgan fingerprint density at radius 2 is 1.57 bits per heavy atom. The highest BCUT2D eigenvalue weighted by Gasteiger charge is 2.20. The largest absolute Gasteiger partial charge is 0.497 e. The fourth-order valence-electron chi connectivity index (χ4n) is 3.47. The summed E-state index contributed by atoms with van der Waals surface area (Å²) in [5, 5.41) is 4.45. The van der Waals surface area contributed by atoms with Gasteiger partial charge < -0.3 is 14.2 Å². The van der Waals surface area contributed by atoms with Gasteiger partial charge in [0.2, 0.25) is 5.88 Å². The second-order valence-corrected chi connectivity index (χ2v) is 9.35. The van der Waals surface area contributed by atoms with Crippen LogP contribution in [0.1, 0.15) is 17.2 Å². The molecule has 1 N–H and O–H groups in total. The number of aryl methyl sites for hydroxylation is 3. The van der Waals surface area contributed by atoms with E-state index in [4.69, 9.17) is 14.2 Å². The number of sulfonamides is 1. The molecule has 0 aliphatic heterocycles. The minimum absolute atomic E-state index is 0.00531. The van der Waals surface area contributed by atoms with Gasteiger partial charge in [-0.25, -0.2) is 18.1 Å². The quantitative estimate of drug-likeness (QED) is 0.387. The Bertz CT molecular complexity index is 1470. The van der Waals surface area contributed by atoms with Crippen molar-refractivity contribution in [1.29, 1.82) is 0 Å². The molecular weight excluding hydrogens is 470 g/mol. The number of anilines is 1. The second kappa shape index (κ2) is 9.63. The third kappa shape index (κ3) is 5.35. The number of nitrogens with zero attached hydrogens (tertiary/aromatic N) is 4. The normalized spacial score (nSPS) is 11.2. The number of methoxy groups -OCH3 is 2. The zero-order chi connectivity index (χ0) is 25.2. The number of benzene rings is 2. The summed E-state index contributed by atoms with van der Waals surface area (Å²) in [5.74, 6) is 2.61. The lowest BCUT2D eigenvalue weighted by Gasteiger charge is -2.13. The van der Waals surface area contributed by atoms with Crippen LogP contribution in [-0.4, -0.2) is 42.4 Å². The molecule has 0 aliphatic carbocycles. The molecular formula is C24H25N5O5S. The molecule has 2 aromatic carbocycles. The summed E-state index contributed by atoms with van der Waals surface area (Å²) in [7, 11) is -1.01. The maximum atomic E-state index is 12.9. The van der Waals surface area contributed by atoms with Gasteiger partial charge in [0, 0.05) is 23.5 Å². The molecule has 2 aromatic heterocycles. The maximum absolute atomic E-state index is 12.9. The van der Waals surface area contributed by atoms with E-state index in [1.54, 1.807) is 48.0 Å². The van der Waals surface area contributed by atoms with Crippen molar-refractivity contribution in [3.63, 3.8) is 0 Å². The van der Waals surface area contributed by atoms with Gasteiger partial charge in [0.15, 0.2) is 5.82 Å². The van der Waals surface area contributed by atoms with Crippen LogP contribution in [0.15, 0.2) is 59.5 Å². The first-order chi connectivity index (χ1) is 16.7. The molecule has 0 radical (unpaired) electrons. The third-order valence-electron chi connectivity index (χ3n) is 5.02. The SMILES string of the molecule is COc1ccc(S(=O)(=O)Nc2ccc(Oc3cc(-n4nc(C)cc4C)nc(C)n3)cc2)c(OC)c1. The van der Waals surface area contributed by atoms with Crippen molar-refractivity contribution in [2.24, 2.45) is 0 Å². The summed E-state index contributed by atoms with van der Waals surface area (Å²) in [4.78, 5) is 8.77. The molecule has 0 unspecified atom stereocenters. The number of hydrogen-bond acceptors (Lipinski definition) is 8. The fraction of sp³-hybridized carbons (Fsp3) is 0.208. The summed E-state index contributed by atoms with van der Waals surface area (Å²) in [6, 6.07) is 14.6. The molecule has 2 heterocycles. The maximum Gasteiger partial charge on any atom is 0.265 e. The van der Waals surface area contributed by atoms with Crippen LogP contribution in [-0.2, 0) is 10.0 Å². The van der Waals surface area contributed by atoms with Crippen LogP contribution in [0.4, 0.5) is 5.69 Å². The van der Waals surface area contributed by atoms with Gasteiger partial charge in [-0.05, 0) is 63.2 Å². The van der Waals surface area contributed by atoms with Crippen LogP contribution in [0, 0.1) is 20.8 Å². The van der Waals surface area contributed by atoms with Crippen molar-refractivity contribution in [2.75, 3.05) is 18.9 Å². The number of hydrogen-bond donors (Lipinski definition) is 1. The minimum Gasteiger partial charge on any atom is -0.497 e. The van der Waals surface area contributed by atoms with Gasteiger partial charge in [-0.3, -0.25) is 4.72 Å². The van der Waals surface area contributed by atoms with E-state index >= 15 is 0 Å². The van der Waals surface area contributed by atoms with Crippen LogP contribution >= 0.6 is 0 Å². The highest BCUT2D eigenvalue weighted by Crippen LogP contribution is 2.30. The Morgan fingerprint density at radius 3 is 2.20 bits per heavy atom. The van der Waals surface area contributed by atoms with E-state index in [2.05, 4.69) is 19.8 Å². The Morgan fingerprint density at radius 1 is 0.857 bits per heavy atom. The molecule has 11 heteroatoms. The average molecular weight is 496 g/mol. The predicted molar refractivity (Wildman–Crippen MR) is 130 cm³/mol. The van der Waals surface area contributed by atoms with Crippen molar-refractivity contribution in [3.05, 3.63) is 71.8 Å². The zero-order valence-corrected chi connectivity index (χ0v) is 20.8. The van der Waals surface area contributed by atoms with Crippen molar-refractivity contribution < 1.29 is 22.6 Å². The van der Waals surface area contributed by atoms with Crippen molar-refractivity contribution in [3.8, 4) is 28.9 Å². The predicted octanol–water partition coefficient (Wildman–Crippen LogP) is 4.20.